The summed E-state index contributed by atoms with van der Waals surface area (Å²) in [5, 5.41) is 2.61. The topological polar surface area (TPSA) is 49.4 Å². The molecule has 20 heavy (non-hydrogen) atoms. The first-order valence-corrected chi connectivity index (χ1v) is 6.79. The third-order valence-electron chi connectivity index (χ3n) is 3.35. The molecule has 0 saturated carbocycles. The molecule has 1 aliphatic heterocycles. The van der Waals surface area contributed by atoms with Gasteiger partial charge in [-0.05, 0) is 30.0 Å². The molecule has 0 aliphatic carbocycles. The molecule has 0 spiro atoms. The lowest BCUT2D eigenvalue weighted by Crippen LogP contribution is -2.58. The number of hydrogen-bond acceptors (Lipinski definition) is 2. The first-order chi connectivity index (χ1) is 9.47. The summed E-state index contributed by atoms with van der Waals surface area (Å²) in [5.41, 5.74) is 0.696. The van der Waals surface area contributed by atoms with Crippen molar-refractivity contribution in [3.63, 3.8) is 0 Å². The van der Waals surface area contributed by atoms with Gasteiger partial charge >= 0.3 is 0 Å². The number of benzene rings is 1. The lowest BCUT2D eigenvalue weighted by Gasteiger charge is -2.35. The Hall–Kier alpha value is -1.91. The lowest BCUT2D eigenvalue weighted by molar-refractivity contribution is -0.146. The van der Waals surface area contributed by atoms with Gasteiger partial charge in [-0.1, -0.05) is 26.0 Å². The van der Waals surface area contributed by atoms with Crippen molar-refractivity contribution in [2.45, 2.75) is 32.9 Å². The van der Waals surface area contributed by atoms with Crippen molar-refractivity contribution in [1.82, 2.24) is 10.2 Å². The minimum atomic E-state index is -0.473. The van der Waals surface area contributed by atoms with Gasteiger partial charge in [-0.2, -0.15) is 0 Å². The van der Waals surface area contributed by atoms with Gasteiger partial charge in [0.1, 0.15) is 11.9 Å². The van der Waals surface area contributed by atoms with Crippen LogP contribution in [-0.2, 0) is 16.1 Å². The maximum Gasteiger partial charge on any atom is 0.243 e. The van der Waals surface area contributed by atoms with Crippen molar-refractivity contribution < 1.29 is 14.0 Å². The van der Waals surface area contributed by atoms with Crippen LogP contribution in [0.15, 0.2) is 24.3 Å². The first kappa shape index (κ1) is 14.5. The van der Waals surface area contributed by atoms with Crippen molar-refractivity contribution in [1.29, 1.82) is 0 Å². The highest BCUT2D eigenvalue weighted by atomic mass is 19.1. The Morgan fingerprint density at radius 3 is 2.80 bits per heavy atom. The maximum atomic E-state index is 13.2. The summed E-state index contributed by atoms with van der Waals surface area (Å²) in [6.45, 7) is 4.30. The van der Waals surface area contributed by atoms with Gasteiger partial charge in [0.15, 0.2) is 0 Å². The minimum Gasteiger partial charge on any atom is -0.345 e. The predicted octanol–water partition coefficient (Wildman–Crippen LogP) is 1.70. The van der Waals surface area contributed by atoms with E-state index >= 15 is 0 Å². The highest BCUT2D eigenvalue weighted by Crippen LogP contribution is 2.18. The molecule has 1 atom stereocenters. The molecule has 5 heteroatoms. The summed E-state index contributed by atoms with van der Waals surface area (Å²) in [7, 11) is 0. The van der Waals surface area contributed by atoms with E-state index in [1.54, 1.807) is 17.0 Å². The molecule has 108 valence electrons. The van der Waals surface area contributed by atoms with Gasteiger partial charge in [0, 0.05) is 6.54 Å². The van der Waals surface area contributed by atoms with Crippen LogP contribution in [0.1, 0.15) is 25.8 Å². The number of amides is 2. The predicted molar refractivity (Wildman–Crippen MR) is 73.2 cm³/mol. The van der Waals surface area contributed by atoms with E-state index in [1.807, 2.05) is 13.8 Å². The summed E-state index contributed by atoms with van der Waals surface area (Å²) in [6.07, 6.45) is 0.604. The molecule has 0 bridgehead atoms. The summed E-state index contributed by atoms with van der Waals surface area (Å²) in [6, 6.07) is 5.65. The van der Waals surface area contributed by atoms with Crippen LogP contribution in [-0.4, -0.2) is 29.3 Å². The third-order valence-corrected chi connectivity index (χ3v) is 3.35. The Balaban J connectivity index is 2.19. The molecule has 4 nitrogen and oxygen atoms in total. The van der Waals surface area contributed by atoms with Crippen LogP contribution in [0, 0.1) is 11.7 Å². The van der Waals surface area contributed by atoms with Crippen molar-refractivity contribution in [2.24, 2.45) is 5.92 Å². The molecule has 2 rings (SSSR count). The molecule has 1 saturated heterocycles. The van der Waals surface area contributed by atoms with E-state index in [0.29, 0.717) is 17.9 Å². The van der Waals surface area contributed by atoms with Gasteiger partial charge in [-0.3, -0.25) is 9.59 Å². The summed E-state index contributed by atoms with van der Waals surface area (Å²) in [4.78, 5) is 25.6. The molecule has 1 aliphatic rings. The molecule has 1 aromatic carbocycles. The van der Waals surface area contributed by atoms with Crippen LogP contribution in [0.2, 0.25) is 0 Å². The quantitative estimate of drug-likeness (QED) is 0.911. The monoisotopic (exact) mass is 278 g/mol. The molecule has 1 fully saturated rings. The minimum absolute atomic E-state index is 0.0166. The second-order valence-corrected chi connectivity index (χ2v) is 5.51. The third kappa shape index (κ3) is 3.35. The largest absolute Gasteiger partial charge is 0.345 e. The van der Waals surface area contributed by atoms with E-state index in [1.165, 1.54) is 12.1 Å². The summed E-state index contributed by atoms with van der Waals surface area (Å²) < 4.78 is 13.2. The number of carbonyl (C=O) groups is 2. The zero-order valence-electron chi connectivity index (χ0n) is 11.7. The number of halogens is 1. The van der Waals surface area contributed by atoms with Gasteiger partial charge < -0.3 is 10.2 Å². The zero-order valence-corrected chi connectivity index (χ0v) is 11.7. The molecular weight excluding hydrogens is 259 g/mol. The van der Waals surface area contributed by atoms with E-state index in [2.05, 4.69) is 5.32 Å². The standard InChI is InChI=1S/C15H19FN2O2/c1-10(2)6-13-15(20)17-8-14(19)18(13)9-11-4-3-5-12(16)7-11/h3-5,7,10,13H,6,8-9H2,1-2H3,(H,17,20). The van der Waals surface area contributed by atoms with Crippen LogP contribution in [0.4, 0.5) is 4.39 Å². The van der Waals surface area contributed by atoms with Gasteiger partial charge in [-0.15, -0.1) is 0 Å². The van der Waals surface area contributed by atoms with Gasteiger partial charge in [0.05, 0.1) is 6.54 Å². The SMILES string of the molecule is CC(C)CC1C(=O)NCC(=O)N1Cc1cccc(F)c1. The molecule has 0 aromatic heterocycles. The van der Waals surface area contributed by atoms with Crippen LogP contribution < -0.4 is 5.32 Å². The lowest BCUT2D eigenvalue weighted by atomic mass is 9.99. The van der Waals surface area contributed by atoms with Crippen LogP contribution >= 0.6 is 0 Å². The van der Waals surface area contributed by atoms with E-state index < -0.39 is 6.04 Å². The van der Waals surface area contributed by atoms with Crippen molar-refractivity contribution >= 4 is 11.8 Å². The molecule has 1 heterocycles. The number of nitrogens with zero attached hydrogens (tertiary/aromatic N) is 1. The van der Waals surface area contributed by atoms with Gasteiger partial charge in [0.2, 0.25) is 11.8 Å². The molecule has 2 amide bonds. The molecule has 0 radical (unpaired) electrons. The Labute approximate surface area is 118 Å². The van der Waals surface area contributed by atoms with Crippen molar-refractivity contribution in [2.75, 3.05) is 6.54 Å². The van der Waals surface area contributed by atoms with Gasteiger partial charge in [0.25, 0.3) is 0 Å². The first-order valence-electron chi connectivity index (χ1n) is 6.79. The molecular formula is C15H19FN2O2. The Morgan fingerprint density at radius 1 is 1.40 bits per heavy atom. The molecule has 1 aromatic rings. The average molecular weight is 278 g/mol. The van der Waals surface area contributed by atoms with Crippen LogP contribution in [0.3, 0.4) is 0 Å². The second-order valence-electron chi connectivity index (χ2n) is 5.51. The number of rotatable bonds is 4. The smallest absolute Gasteiger partial charge is 0.243 e. The van der Waals surface area contributed by atoms with Gasteiger partial charge in [-0.25, -0.2) is 4.39 Å². The fourth-order valence-electron chi connectivity index (χ4n) is 2.41. The van der Waals surface area contributed by atoms with E-state index in [-0.39, 0.29) is 30.7 Å². The number of nitrogens with one attached hydrogen (secondary N) is 1. The second kappa shape index (κ2) is 6.03. The number of hydrogen-bond donors (Lipinski definition) is 1. The Morgan fingerprint density at radius 2 is 2.15 bits per heavy atom. The van der Waals surface area contributed by atoms with E-state index in [4.69, 9.17) is 0 Å². The fourth-order valence-corrected chi connectivity index (χ4v) is 2.41. The normalized spacial score (nSPS) is 19.4. The maximum absolute atomic E-state index is 13.2. The number of piperazine rings is 1. The molecule has 1 unspecified atom stereocenters. The summed E-state index contributed by atoms with van der Waals surface area (Å²) >= 11 is 0. The fraction of sp³-hybridized carbons (Fsp3) is 0.467. The highest BCUT2D eigenvalue weighted by Gasteiger charge is 2.34. The highest BCUT2D eigenvalue weighted by molar-refractivity contribution is 5.94. The Kier molecular flexibility index (Phi) is 4.37. The van der Waals surface area contributed by atoms with E-state index in [9.17, 15) is 14.0 Å². The van der Waals surface area contributed by atoms with Crippen molar-refractivity contribution in [3.8, 4) is 0 Å². The van der Waals surface area contributed by atoms with E-state index in [0.717, 1.165) is 0 Å². The van der Waals surface area contributed by atoms with Crippen molar-refractivity contribution in [3.05, 3.63) is 35.6 Å². The molecule has 1 N–H and O–H groups in total. The zero-order chi connectivity index (χ0) is 14.7. The Bertz CT molecular complexity index is 516. The number of carbonyl (C=O) groups excluding carboxylic acids is 2. The van der Waals surface area contributed by atoms with Crippen LogP contribution in [0.25, 0.3) is 0 Å². The average Bonchev–Trinajstić information content (AvgIpc) is 2.38. The van der Waals surface area contributed by atoms with Crippen LogP contribution in [0.5, 0.6) is 0 Å². The summed E-state index contributed by atoms with van der Waals surface area (Å²) in [5.74, 6) is -0.294.